The molecule has 1 N–H and O–H groups in total. The van der Waals surface area contributed by atoms with Gasteiger partial charge in [-0.25, -0.2) is 13.2 Å². The number of nitriles is 1. The van der Waals surface area contributed by atoms with Crippen LogP contribution in [0.15, 0.2) is 41.3 Å². The zero-order valence-corrected chi connectivity index (χ0v) is 16.0. The number of carbonyl (C=O) groups is 2. The van der Waals surface area contributed by atoms with Gasteiger partial charge in [0.05, 0.1) is 21.0 Å². The van der Waals surface area contributed by atoms with E-state index in [1.165, 1.54) is 36.4 Å². The SMILES string of the molecule is Cc1ccc(S(C)(=O)=O)cc1C(=O)OCC(=O)Nc1ccc(C#N)c(Cl)c1. The van der Waals surface area contributed by atoms with Crippen molar-refractivity contribution in [1.82, 2.24) is 0 Å². The predicted octanol–water partition coefficient (Wildman–Crippen LogP) is 2.72. The minimum atomic E-state index is -3.48. The van der Waals surface area contributed by atoms with Crippen LogP contribution in [0, 0.1) is 18.3 Å². The Morgan fingerprint density at radius 1 is 1.22 bits per heavy atom. The number of sulfone groups is 1. The summed E-state index contributed by atoms with van der Waals surface area (Å²) >= 11 is 5.88. The number of ether oxygens (including phenoxy) is 1. The molecule has 2 aromatic rings. The highest BCUT2D eigenvalue weighted by Gasteiger charge is 2.17. The van der Waals surface area contributed by atoms with Gasteiger partial charge in [0.2, 0.25) is 0 Å². The molecule has 0 heterocycles. The maximum absolute atomic E-state index is 12.2. The molecule has 2 aromatic carbocycles. The highest BCUT2D eigenvalue weighted by molar-refractivity contribution is 7.90. The van der Waals surface area contributed by atoms with Crippen molar-refractivity contribution in [2.45, 2.75) is 11.8 Å². The summed E-state index contributed by atoms with van der Waals surface area (Å²) in [5.41, 5.74) is 1.19. The molecule has 0 fully saturated rings. The van der Waals surface area contributed by atoms with Crippen molar-refractivity contribution in [3.63, 3.8) is 0 Å². The van der Waals surface area contributed by atoms with Gasteiger partial charge in [-0.05, 0) is 42.8 Å². The third kappa shape index (κ3) is 5.29. The van der Waals surface area contributed by atoms with Crippen LogP contribution in [0.2, 0.25) is 5.02 Å². The number of carbonyl (C=O) groups excluding carboxylic acids is 2. The van der Waals surface area contributed by atoms with Crippen LogP contribution in [0.1, 0.15) is 21.5 Å². The van der Waals surface area contributed by atoms with Gasteiger partial charge in [0, 0.05) is 11.9 Å². The van der Waals surface area contributed by atoms with Crippen LogP contribution in [0.5, 0.6) is 0 Å². The van der Waals surface area contributed by atoms with Crippen LogP contribution in [0.3, 0.4) is 0 Å². The van der Waals surface area contributed by atoms with E-state index in [2.05, 4.69) is 5.32 Å². The highest BCUT2D eigenvalue weighted by atomic mass is 35.5. The molecule has 0 spiro atoms. The van der Waals surface area contributed by atoms with E-state index in [4.69, 9.17) is 21.6 Å². The maximum Gasteiger partial charge on any atom is 0.338 e. The summed E-state index contributed by atoms with van der Waals surface area (Å²) in [7, 11) is -3.48. The number of anilines is 1. The third-order valence-electron chi connectivity index (χ3n) is 3.56. The van der Waals surface area contributed by atoms with Crippen molar-refractivity contribution < 1.29 is 22.7 Å². The fourth-order valence-electron chi connectivity index (χ4n) is 2.14. The smallest absolute Gasteiger partial charge is 0.338 e. The number of nitrogens with one attached hydrogen (secondary N) is 1. The summed E-state index contributed by atoms with van der Waals surface area (Å²) in [5.74, 6) is -1.42. The first-order valence-corrected chi connectivity index (χ1v) is 9.86. The number of halogens is 1. The molecule has 140 valence electrons. The number of rotatable bonds is 5. The average molecular weight is 407 g/mol. The van der Waals surface area contributed by atoms with Crippen LogP contribution < -0.4 is 5.32 Å². The molecule has 0 aliphatic heterocycles. The quantitative estimate of drug-likeness (QED) is 0.763. The molecule has 0 bridgehead atoms. The van der Waals surface area contributed by atoms with Crippen LogP contribution in [0.4, 0.5) is 5.69 Å². The molecular formula is C18H15ClN2O5S. The Morgan fingerprint density at radius 2 is 1.93 bits per heavy atom. The molecule has 0 radical (unpaired) electrons. The first kappa shape index (κ1) is 20.4. The standard InChI is InChI=1S/C18H15ClN2O5S/c1-11-3-6-14(27(2,24)25)8-15(11)18(23)26-10-17(22)21-13-5-4-12(9-20)16(19)7-13/h3-8H,10H2,1-2H3,(H,21,22). The first-order chi connectivity index (χ1) is 12.6. The van der Waals surface area contributed by atoms with Crippen molar-refractivity contribution in [2.75, 3.05) is 18.2 Å². The Hall–Kier alpha value is -2.89. The summed E-state index contributed by atoms with van der Waals surface area (Å²) in [6.07, 6.45) is 1.03. The first-order valence-electron chi connectivity index (χ1n) is 7.59. The van der Waals surface area contributed by atoms with Gasteiger partial charge in [0.15, 0.2) is 16.4 Å². The molecule has 9 heteroatoms. The highest BCUT2D eigenvalue weighted by Crippen LogP contribution is 2.20. The van der Waals surface area contributed by atoms with Gasteiger partial charge >= 0.3 is 5.97 Å². The maximum atomic E-state index is 12.2. The minimum Gasteiger partial charge on any atom is -0.452 e. The molecule has 0 atom stereocenters. The van der Waals surface area contributed by atoms with E-state index in [-0.39, 0.29) is 21.0 Å². The van der Waals surface area contributed by atoms with Gasteiger partial charge < -0.3 is 10.1 Å². The lowest BCUT2D eigenvalue weighted by Gasteiger charge is -2.09. The van der Waals surface area contributed by atoms with Crippen LogP contribution >= 0.6 is 11.6 Å². The molecular weight excluding hydrogens is 392 g/mol. The van der Waals surface area contributed by atoms with Crippen molar-refractivity contribution in [2.24, 2.45) is 0 Å². The Bertz CT molecular complexity index is 1060. The summed E-state index contributed by atoms with van der Waals surface area (Å²) < 4.78 is 28.2. The van der Waals surface area contributed by atoms with E-state index in [1.54, 1.807) is 6.92 Å². The molecule has 0 aliphatic rings. The molecule has 0 aliphatic carbocycles. The van der Waals surface area contributed by atoms with Crippen LogP contribution in [-0.4, -0.2) is 33.2 Å². The Morgan fingerprint density at radius 3 is 2.52 bits per heavy atom. The summed E-state index contributed by atoms with van der Waals surface area (Å²) in [6.45, 7) is 1.06. The van der Waals surface area contributed by atoms with Crippen molar-refractivity contribution >= 4 is 39.0 Å². The number of hydrogen-bond acceptors (Lipinski definition) is 6. The molecule has 0 aromatic heterocycles. The zero-order valence-electron chi connectivity index (χ0n) is 14.4. The lowest BCUT2D eigenvalue weighted by Crippen LogP contribution is -2.21. The molecule has 0 saturated carbocycles. The molecule has 7 nitrogen and oxygen atoms in total. The van der Waals surface area contributed by atoms with E-state index in [9.17, 15) is 18.0 Å². The second kappa shape index (κ2) is 8.20. The summed E-state index contributed by atoms with van der Waals surface area (Å²) in [6, 6.07) is 10.3. The molecule has 2 rings (SSSR count). The second-order valence-corrected chi connectivity index (χ2v) is 8.10. The molecule has 27 heavy (non-hydrogen) atoms. The van der Waals surface area contributed by atoms with Gasteiger partial charge in [0.1, 0.15) is 6.07 Å². The van der Waals surface area contributed by atoms with Gasteiger partial charge in [0.25, 0.3) is 5.91 Å². The average Bonchev–Trinajstić information content (AvgIpc) is 2.59. The largest absolute Gasteiger partial charge is 0.452 e. The van der Waals surface area contributed by atoms with E-state index < -0.39 is 28.3 Å². The fourth-order valence-corrected chi connectivity index (χ4v) is 3.01. The van der Waals surface area contributed by atoms with Crippen molar-refractivity contribution in [3.8, 4) is 6.07 Å². The monoisotopic (exact) mass is 406 g/mol. The fraction of sp³-hybridized carbons (Fsp3) is 0.167. The molecule has 0 saturated heterocycles. The Labute approximate surface area is 161 Å². The number of aryl methyl sites for hydroxylation is 1. The van der Waals surface area contributed by atoms with Gasteiger partial charge in [-0.15, -0.1) is 0 Å². The number of esters is 1. The van der Waals surface area contributed by atoms with E-state index in [0.29, 0.717) is 11.3 Å². The topological polar surface area (TPSA) is 113 Å². The second-order valence-electron chi connectivity index (χ2n) is 5.68. The zero-order chi connectivity index (χ0) is 20.2. The minimum absolute atomic E-state index is 0.0169. The molecule has 0 unspecified atom stereocenters. The lowest BCUT2D eigenvalue weighted by atomic mass is 10.1. The van der Waals surface area contributed by atoms with Gasteiger partial charge in [-0.3, -0.25) is 4.79 Å². The van der Waals surface area contributed by atoms with Crippen LogP contribution in [-0.2, 0) is 19.4 Å². The van der Waals surface area contributed by atoms with Gasteiger partial charge in [-0.2, -0.15) is 5.26 Å². The predicted molar refractivity (Wildman–Crippen MR) is 99.4 cm³/mol. The lowest BCUT2D eigenvalue weighted by molar-refractivity contribution is -0.119. The van der Waals surface area contributed by atoms with E-state index >= 15 is 0 Å². The normalized spacial score (nSPS) is 10.7. The Balaban J connectivity index is 2.04. The Kier molecular flexibility index (Phi) is 6.20. The number of hydrogen-bond donors (Lipinski definition) is 1. The summed E-state index contributed by atoms with van der Waals surface area (Å²) in [4.78, 5) is 24.1. The summed E-state index contributed by atoms with van der Waals surface area (Å²) in [5, 5.41) is 11.5. The number of amides is 1. The number of nitrogens with zero attached hydrogens (tertiary/aromatic N) is 1. The van der Waals surface area contributed by atoms with Crippen LogP contribution in [0.25, 0.3) is 0 Å². The number of benzene rings is 2. The van der Waals surface area contributed by atoms with Crippen molar-refractivity contribution in [1.29, 1.82) is 5.26 Å². The van der Waals surface area contributed by atoms with Gasteiger partial charge in [-0.1, -0.05) is 17.7 Å². The van der Waals surface area contributed by atoms with E-state index in [0.717, 1.165) is 6.26 Å². The van der Waals surface area contributed by atoms with E-state index in [1.807, 2.05) is 6.07 Å². The van der Waals surface area contributed by atoms with Crippen molar-refractivity contribution in [3.05, 3.63) is 58.1 Å². The molecule has 1 amide bonds. The third-order valence-corrected chi connectivity index (χ3v) is 4.99.